The van der Waals surface area contributed by atoms with Gasteiger partial charge in [-0.3, -0.25) is 9.59 Å². The third kappa shape index (κ3) is 3.51. The Morgan fingerprint density at radius 2 is 2.00 bits per heavy atom. The summed E-state index contributed by atoms with van der Waals surface area (Å²) in [4.78, 5) is 27.1. The van der Waals surface area contributed by atoms with Gasteiger partial charge in [-0.25, -0.2) is 0 Å². The Morgan fingerprint density at radius 1 is 1.26 bits per heavy atom. The van der Waals surface area contributed by atoms with Gasteiger partial charge in [0.25, 0.3) is 0 Å². The highest BCUT2D eigenvalue weighted by atomic mass is 35.5. The van der Waals surface area contributed by atoms with E-state index in [1.165, 1.54) is 4.90 Å². The molecule has 6 heteroatoms. The molecule has 2 aromatic rings. The number of amides is 2. The van der Waals surface area contributed by atoms with Gasteiger partial charge in [0.15, 0.2) is 0 Å². The van der Waals surface area contributed by atoms with Crippen molar-refractivity contribution in [1.29, 1.82) is 0 Å². The summed E-state index contributed by atoms with van der Waals surface area (Å²) in [6, 6.07) is 12.9. The van der Waals surface area contributed by atoms with Crippen molar-refractivity contribution >= 4 is 46.6 Å². The second kappa shape index (κ2) is 6.64. The van der Waals surface area contributed by atoms with E-state index in [0.29, 0.717) is 10.7 Å². The third-order valence-electron chi connectivity index (χ3n) is 3.64. The maximum atomic E-state index is 12.6. The largest absolute Gasteiger partial charge is 0.323 e. The molecule has 1 heterocycles. The quantitative estimate of drug-likeness (QED) is 0.864. The van der Waals surface area contributed by atoms with Crippen LogP contribution in [0, 0.1) is 0 Å². The van der Waals surface area contributed by atoms with Gasteiger partial charge < -0.3 is 10.2 Å². The van der Waals surface area contributed by atoms with Crippen LogP contribution in [-0.4, -0.2) is 24.6 Å². The highest BCUT2D eigenvalue weighted by molar-refractivity contribution is 7.98. The summed E-state index contributed by atoms with van der Waals surface area (Å²) in [6.07, 6.45) is 2.20. The number of anilines is 2. The summed E-state index contributed by atoms with van der Waals surface area (Å²) in [6.45, 7) is 0.0397. The molecular formula is C17H15ClN2O2S. The van der Waals surface area contributed by atoms with E-state index in [9.17, 15) is 9.59 Å². The van der Waals surface area contributed by atoms with E-state index >= 15 is 0 Å². The second-order valence-electron chi connectivity index (χ2n) is 5.21. The van der Waals surface area contributed by atoms with Crippen molar-refractivity contribution in [2.24, 2.45) is 0 Å². The molecular weight excluding hydrogens is 332 g/mol. The molecule has 2 aromatic carbocycles. The molecule has 0 radical (unpaired) electrons. The molecule has 118 valence electrons. The van der Waals surface area contributed by atoms with Crippen LogP contribution in [0.4, 0.5) is 11.4 Å². The zero-order chi connectivity index (χ0) is 16.4. The van der Waals surface area contributed by atoms with Crippen molar-refractivity contribution in [2.45, 2.75) is 11.3 Å². The smallest absolute Gasteiger partial charge is 0.244 e. The van der Waals surface area contributed by atoms with Crippen molar-refractivity contribution in [3.8, 4) is 0 Å². The van der Waals surface area contributed by atoms with E-state index in [0.717, 1.165) is 16.1 Å². The Labute approximate surface area is 143 Å². The van der Waals surface area contributed by atoms with Crippen molar-refractivity contribution < 1.29 is 9.59 Å². The SMILES string of the molecule is CSc1ccc2c(c1)NC(=O)CN2C(=O)Cc1ccc(Cl)cc1. The molecule has 1 aliphatic rings. The van der Waals surface area contributed by atoms with E-state index in [2.05, 4.69) is 5.32 Å². The fourth-order valence-corrected chi connectivity index (χ4v) is 3.06. The number of halogens is 1. The summed E-state index contributed by atoms with van der Waals surface area (Å²) in [7, 11) is 0. The standard InChI is InChI=1S/C17H15ClN2O2S/c1-23-13-6-7-15-14(9-13)19-16(21)10-20(15)17(22)8-11-2-4-12(18)5-3-11/h2-7,9H,8,10H2,1H3,(H,19,21). The Hall–Kier alpha value is -1.98. The number of fused-ring (bicyclic) bond motifs is 1. The number of nitrogens with one attached hydrogen (secondary N) is 1. The lowest BCUT2D eigenvalue weighted by Gasteiger charge is -2.29. The zero-order valence-electron chi connectivity index (χ0n) is 12.5. The lowest BCUT2D eigenvalue weighted by molar-refractivity contribution is -0.121. The first-order chi connectivity index (χ1) is 11.1. The number of thioether (sulfide) groups is 1. The molecule has 0 saturated heterocycles. The van der Waals surface area contributed by atoms with E-state index in [-0.39, 0.29) is 24.8 Å². The second-order valence-corrected chi connectivity index (χ2v) is 6.53. The molecule has 0 saturated carbocycles. The summed E-state index contributed by atoms with van der Waals surface area (Å²) in [5, 5.41) is 3.46. The first-order valence-electron chi connectivity index (χ1n) is 7.09. The number of nitrogens with zero attached hydrogens (tertiary/aromatic N) is 1. The maximum Gasteiger partial charge on any atom is 0.244 e. The van der Waals surface area contributed by atoms with Crippen LogP contribution in [0.15, 0.2) is 47.4 Å². The normalized spacial score (nSPS) is 13.5. The molecule has 1 aliphatic heterocycles. The zero-order valence-corrected chi connectivity index (χ0v) is 14.1. The number of carbonyl (C=O) groups is 2. The number of carbonyl (C=O) groups excluding carboxylic acids is 2. The van der Waals surface area contributed by atoms with Crippen LogP contribution >= 0.6 is 23.4 Å². The van der Waals surface area contributed by atoms with Crippen molar-refractivity contribution in [2.75, 3.05) is 23.0 Å². The predicted octanol–water partition coefficient (Wildman–Crippen LogP) is 3.59. The van der Waals surface area contributed by atoms with Gasteiger partial charge in [-0.05, 0) is 42.2 Å². The van der Waals surface area contributed by atoms with Crippen LogP contribution in [0.5, 0.6) is 0 Å². The van der Waals surface area contributed by atoms with Gasteiger partial charge in [0.1, 0.15) is 6.54 Å². The summed E-state index contributed by atoms with van der Waals surface area (Å²) < 4.78 is 0. The molecule has 0 unspecified atom stereocenters. The average molecular weight is 347 g/mol. The Bertz CT molecular complexity index is 762. The monoisotopic (exact) mass is 346 g/mol. The number of benzene rings is 2. The van der Waals surface area contributed by atoms with Crippen LogP contribution in [-0.2, 0) is 16.0 Å². The third-order valence-corrected chi connectivity index (χ3v) is 4.62. The van der Waals surface area contributed by atoms with Gasteiger partial charge in [0, 0.05) is 9.92 Å². The van der Waals surface area contributed by atoms with Crippen molar-refractivity contribution in [1.82, 2.24) is 0 Å². The minimum Gasteiger partial charge on any atom is -0.323 e. The molecule has 1 N–H and O–H groups in total. The average Bonchev–Trinajstić information content (AvgIpc) is 2.55. The van der Waals surface area contributed by atoms with Crippen LogP contribution in [0.2, 0.25) is 5.02 Å². The van der Waals surface area contributed by atoms with Crippen LogP contribution < -0.4 is 10.2 Å². The minimum atomic E-state index is -0.180. The summed E-state index contributed by atoms with van der Waals surface area (Å²) >= 11 is 7.45. The fraction of sp³-hybridized carbons (Fsp3) is 0.176. The van der Waals surface area contributed by atoms with Crippen molar-refractivity contribution in [3.05, 3.63) is 53.1 Å². The maximum absolute atomic E-state index is 12.6. The molecule has 0 aromatic heterocycles. The molecule has 3 rings (SSSR count). The highest BCUT2D eigenvalue weighted by Gasteiger charge is 2.27. The van der Waals surface area contributed by atoms with E-state index in [1.54, 1.807) is 23.9 Å². The molecule has 23 heavy (non-hydrogen) atoms. The highest BCUT2D eigenvalue weighted by Crippen LogP contribution is 2.33. The summed E-state index contributed by atoms with van der Waals surface area (Å²) in [5.74, 6) is -0.291. The van der Waals surface area contributed by atoms with Gasteiger partial charge in [-0.1, -0.05) is 23.7 Å². The first-order valence-corrected chi connectivity index (χ1v) is 8.70. The van der Waals surface area contributed by atoms with Gasteiger partial charge >= 0.3 is 0 Å². The molecule has 0 atom stereocenters. The van der Waals surface area contributed by atoms with Crippen LogP contribution in [0.3, 0.4) is 0 Å². The van der Waals surface area contributed by atoms with Crippen molar-refractivity contribution in [3.63, 3.8) is 0 Å². The van der Waals surface area contributed by atoms with Gasteiger partial charge in [0.05, 0.1) is 17.8 Å². The Balaban J connectivity index is 1.86. The predicted molar refractivity (Wildman–Crippen MR) is 94.4 cm³/mol. The minimum absolute atomic E-state index is 0.0397. The molecule has 0 aliphatic carbocycles. The first kappa shape index (κ1) is 15.9. The number of hydrogen-bond donors (Lipinski definition) is 1. The molecule has 0 spiro atoms. The van der Waals surface area contributed by atoms with E-state index in [1.807, 2.05) is 36.6 Å². The number of rotatable bonds is 3. The molecule has 4 nitrogen and oxygen atoms in total. The number of hydrogen-bond acceptors (Lipinski definition) is 3. The van der Waals surface area contributed by atoms with E-state index < -0.39 is 0 Å². The van der Waals surface area contributed by atoms with Crippen LogP contribution in [0.25, 0.3) is 0 Å². The Morgan fingerprint density at radius 3 is 2.70 bits per heavy atom. The van der Waals surface area contributed by atoms with Gasteiger partial charge in [0.2, 0.25) is 11.8 Å². The molecule has 2 amide bonds. The lowest BCUT2D eigenvalue weighted by Crippen LogP contribution is -2.42. The fourth-order valence-electron chi connectivity index (χ4n) is 2.49. The van der Waals surface area contributed by atoms with E-state index in [4.69, 9.17) is 11.6 Å². The lowest BCUT2D eigenvalue weighted by atomic mass is 10.1. The Kier molecular flexibility index (Phi) is 4.59. The summed E-state index contributed by atoms with van der Waals surface area (Å²) in [5.41, 5.74) is 2.28. The molecule has 0 fully saturated rings. The van der Waals surface area contributed by atoms with Crippen LogP contribution in [0.1, 0.15) is 5.56 Å². The van der Waals surface area contributed by atoms with Gasteiger partial charge in [-0.15, -0.1) is 11.8 Å². The molecule has 0 bridgehead atoms. The topological polar surface area (TPSA) is 49.4 Å². The van der Waals surface area contributed by atoms with Gasteiger partial charge in [-0.2, -0.15) is 0 Å².